The van der Waals surface area contributed by atoms with Gasteiger partial charge in [0.1, 0.15) is 5.69 Å². The summed E-state index contributed by atoms with van der Waals surface area (Å²) >= 11 is 1.73. The van der Waals surface area contributed by atoms with Crippen LogP contribution in [0.3, 0.4) is 0 Å². The summed E-state index contributed by atoms with van der Waals surface area (Å²) in [5.74, 6) is 0.239. The predicted octanol–water partition coefficient (Wildman–Crippen LogP) is 2.58. The normalized spacial score (nSPS) is 21.0. The fourth-order valence-electron chi connectivity index (χ4n) is 3.18. The molecule has 1 fully saturated rings. The van der Waals surface area contributed by atoms with Gasteiger partial charge in [0.05, 0.1) is 0 Å². The highest BCUT2D eigenvalue weighted by Crippen LogP contribution is 2.33. The maximum atomic E-state index is 11.9. The molecule has 1 aromatic rings. The number of rotatable bonds is 3. The van der Waals surface area contributed by atoms with Crippen LogP contribution in [0.5, 0.6) is 0 Å². The van der Waals surface area contributed by atoms with E-state index in [0.717, 1.165) is 30.2 Å². The number of carbonyl (C=O) groups is 1. The summed E-state index contributed by atoms with van der Waals surface area (Å²) in [6, 6.07) is 0.570. The molecular weight excluding hydrogens is 270 g/mol. The van der Waals surface area contributed by atoms with E-state index in [-0.39, 0.29) is 5.78 Å². The van der Waals surface area contributed by atoms with Crippen molar-refractivity contribution in [3.8, 4) is 0 Å². The Morgan fingerprint density at radius 2 is 2.10 bits per heavy atom. The summed E-state index contributed by atoms with van der Waals surface area (Å²) in [6.45, 7) is 5.73. The topological polar surface area (TPSA) is 36.4 Å². The number of nitrogens with zero attached hydrogens (tertiary/aromatic N) is 3. The SMILES string of the molecule is CCN1CCC(N(C)c2nc3c(s2)CCCC3=O)CC1. The van der Waals surface area contributed by atoms with E-state index in [4.69, 9.17) is 0 Å². The van der Waals surface area contributed by atoms with Gasteiger partial charge in [-0.25, -0.2) is 4.98 Å². The van der Waals surface area contributed by atoms with Crippen molar-refractivity contribution in [1.82, 2.24) is 9.88 Å². The summed E-state index contributed by atoms with van der Waals surface area (Å²) in [7, 11) is 2.14. The molecule has 0 bridgehead atoms. The quantitative estimate of drug-likeness (QED) is 0.858. The highest BCUT2D eigenvalue weighted by atomic mass is 32.1. The summed E-state index contributed by atoms with van der Waals surface area (Å²) in [5, 5.41) is 1.04. The van der Waals surface area contributed by atoms with E-state index in [2.05, 4.69) is 28.8 Å². The molecule has 110 valence electrons. The fraction of sp³-hybridized carbons (Fsp3) is 0.733. The molecule has 5 heteroatoms. The first-order chi connectivity index (χ1) is 9.69. The summed E-state index contributed by atoms with van der Waals surface area (Å²) in [5.41, 5.74) is 0.758. The van der Waals surface area contributed by atoms with Gasteiger partial charge in [-0.15, -0.1) is 11.3 Å². The molecule has 0 saturated carbocycles. The number of hydrogen-bond acceptors (Lipinski definition) is 5. The van der Waals surface area contributed by atoms with Crippen LogP contribution in [0.25, 0.3) is 0 Å². The van der Waals surface area contributed by atoms with Crippen LogP contribution < -0.4 is 4.90 Å². The Morgan fingerprint density at radius 1 is 1.35 bits per heavy atom. The Kier molecular flexibility index (Phi) is 4.08. The van der Waals surface area contributed by atoms with Gasteiger partial charge in [-0.3, -0.25) is 4.79 Å². The molecule has 2 heterocycles. The average Bonchev–Trinajstić information content (AvgIpc) is 2.92. The van der Waals surface area contributed by atoms with Crippen LogP contribution in [0.15, 0.2) is 0 Å². The maximum Gasteiger partial charge on any atom is 0.186 e. The molecular formula is C15H23N3OS. The third kappa shape index (κ3) is 2.61. The van der Waals surface area contributed by atoms with Crippen molar-refractivity contribution in [3.05, 3.63) is 10.6 Å². The first-order valence-corrected chi connectivity index (χ1v) is 8.48. The van der Waals surface area contributed by atoms with E-state index in [9.17, 15) is 4.79 Å². The molecule has 0 N–H and O–H groups in total. The van der Waals surface area contributed by atoms with E-state index < -0.39 is 0 Å². The molecule has 1 aliphatic carbocycles. The Labute approximate surface area is 124 Å². The number of hydrogen-bond donors (Lipinski definition) is 0. The molecule has 1 aliphatic heterocycles. The molecule has 3 rings (SSSR count). The second-order valence-corrected chi connectivity index (χ2v) is 6.88. The van der Waals surface area contributed by atoms with Gasteiger partial charge in [-0.05, 0) is 32.2 Å². The highest BCUT2D eigenvalue weighted by Gasteiger charge is 2.27. The molecule has 20 heavy (non-hydrogen) atoms. The van der Waals surface area contributed by atoms with Crippen molar-refractivity contribution in [2.75, 3.05) is 31.6 Å². The van der Waals surface area contributed by atoms with Crippen LogP contribution in [-0.2, 0) is 6.42 Å². The van der Waals surface area contributed by atoms with Gasteiger partial charge in [0, 0.05) is 37.5 Å². The van der Waals surface area contributed by atoms with Crippen molar-refractivity contribution in [3.63, 3.8) is 0 Å². The van der Waals surface area contributed by atoms with Gasteiger partial charge in [-0.2, -0.15) is 0 Å². The minimum Gasteiger partial charge on any atom is -0.348 e. The Bertz CT molecular complexity index is 491. The number of piperidine rings is 1. The van der Waals surface area contributed by atoms with Crippen LogP contribution in [0, 0.1) is 0 Å². The molecule has 0 radical (unpaired) electrons. The number of carbonyl (C=O) groups excluding carboxylic acids is 1. The minimum absolute atomic E-state index is 0.239. The lowest BCUT2D eigenvalue weighted by Crippen LogP contribution is -2.43. The molecule has 0 atom stereocenters. The third-order valence-corrected chi connectivity index (χ3v) is 5.82. The second-order valence-electron chi connectivity index (χ2n) is 5.82. The Balaban J connectivity index is 1.71. The van der Waals surface area contributed by atoms with Crippen LogP contribution in [-0.4, -0.2) is 48.4 Å². The van der Waals surface area contributed by atoms with Crippen molar-refractivity contribution >= 4 is 22.3 Å². The predicted molar refractivity (Wildman–Crippen MR) is 82.9 cm³/mol. The van der Waals surface area contributed by atoms with Crippen LogP contribution in [0.4, 0.5) is 5.13 Å². The molecule has 0 aromatic carbocycles. The highest BCUT2D eigenvalue weighted by molar-refractivity contribution is 7.16. The van der Waals surface area contributed by atoms with Crippen molar-refractivity contribution in [2.45, 2.75) is 45.1 Å². The van der Waals surface area contributed by atoms with E-state index >= 15 is 0 Å². The summed E-state index contributed by atoms with van der Waals surface area (Å²) in [4.78, 5) is 22.5. The monoisotopic (exact) mass is 293 g/mol. The number of ketones is 1. The molecule has 0 amide bonds. The lowest BCUT2D eigenvalue weighted by Gasteiger charge is -2.36. The second kappa shape index (κ2) is 5.82. The standard InChI is InChI=1S/C15H23N3OS/c1-3-18-9-7-11(8-10-18)17(2)15-16-14-12(19)5-4-6-13(14)20-15/h11H,3-10H2,1-2H3. The largest absolute Gasteiger partial charge is 0.348 e. The molecule has 0 spiro atoms. The van der Waals surface area contributed by atoms with Gasteiger partial charge in [0.15, 0.2) is 10.9 Å². The summed E-state index contributed by atoms with van der Waals surface area (Å²) < 4.78 is 0. The van der Waals surface area contributed by atoms with Gasteiger partial charge in [0.2, 0.25) is 0 Å². The first kappa shape index (κ1) is 14.0. The van der Waals surface area contributed by atoms with Gasteiger partial charge in [0.25, 0.3) is 0 Å². The lowest BCUT2D eigenvalue weighted by atomic mass is 10.0. The van der Waals surface area contributed by atoms with Crippen LogP contribution in [0.2, 0.25) is 0 Å². The number of anilines is 1. The zero-order chi connectivity index (χ0) is 14.1. The van der Waals surface area contributed by atoms with Crippen molar-refractivity contribution in [1.29, 1.82) is 0 Å². The number of likely N-dealkylation sites (tertiary alicyclic amines) is 1. The van der Waals surface area contributed by atoms with E-state index in [0.29, 0.717) is 12.5 Å². The van der Waals surface area contributed by atoms with Crippen LogP contribution in [0.1, 0.15) is 48.0 Å². The fourth-order valence-corrected chi connectivity index (χ4v) is 4.34. The van der Waals surface area contributed by atoms with Crippen LogP contribution >= 0.6 is 11.3 Å². The molecule has 1 aromatic heterocycles. The number of aromatic nitrogens is 1. The number of fused-ring (bicyclic) bond motifs is 1. The maximum absolute atomic E-state index is 11.9. The van der Waals surface area contributed by atoms with E-state index in [1.165, 1.54) is 30.8 Å². The zero-order valence-corrected chi connectivity index (χ0v) is 13.2. The number of thiazole rings is 1. The van der Waals surface area contributed by atoms with Gasteiger partial charge in [-0.1, -0.05) is 6.92 Å². The van der Waals surface area contributed by atoms with Crippen molar-refractivity contribution < 1.29 is 4.79 Å². The number of aryl methyl sites for hydroxylation is 1. The summed E-state index contributed by atoms with van der Waals surface area (Å²) in [6.07, 6.45) is 5.09. The van der Waals surface area contributed by atoms with Crippen molar-refractivity contribution in [2.24, 2.45) is 0 Å². The third-order valence-electron chi connectivity index (χ3n) is 4.61. The lowest BCUT2D eigenvalue weighted by molar-refractivity contribution is 0.0968. The number of Topliss-reactive ketones (excluding diaryl/α,β-unsaturated/α-hetero) is 1. The van der Waals surface area contributed by atoms with E-state index in [1.54, 1.807) is 11.3 Å². The van der Waals surface area contributed by atoms with Gasteiger partial charge >= 0.3 is 0 Å². The zero-order valence-electron chi connectivity index (χ0n) is 12.4. The average molecular weight is 293 g/mol. The molecule has 1 saturated heterocycles. The Morgan fingerprint density at radius 3 is 2.75 bits per heavy atom. The smallest absolute Gasteiger partial charge is 0.186 e. The van der Waals surface area contributed by atoms with Gasteiger partial charge < -0.3 is 9.80 Å². The molecule has 4 nitrogen and oxygen atoms in total. The first-order valence-electron chi connectivity index (χ1n) is 7.67. The Hall–Kier alpha value is -0.940. The molecule has 0 unspecified atom stereocenters. The van der Waals surface area contributed by atoms with E-state index in [1.807, 2.05) is 0 Å². The minimum atomic E-state index is 0.239. The molecule has 2 aliphatic rings.